The number of hydrogen-bond donors (Lipinski definition) is 1. The highest BCUT2D eigenvalue weighted by Gasteiger charge is 2.17. The summed E-state index contributed by atoms with van der Waals surface area (Å²) in [5, 5.41) is 12.0. The van der Waals surface area contributed by atoms with Gasteiger partial charge in [-0.25, -0.2) is 0 Å². The minimum absolute atomic E-state index is 0.122. The Kier molecular flexibility index (Phi) is 5.59. The molecule has 8 heteroatoms. The minimum Gasteiger partial charge on any atom is -0.325 e. The van der Waals surface area contributed by atoms with E-state index in [1.54, 1.807) is 42.5 Å². The van der Waals surface area contributed by atoms with Crippen molar-refractivity contribution in [3.05, 3.63) is 89.1 Å². The first kappa shape index (κ1) is 19.2. The Morgan fingerprint density at radius 3 is 2.62 bits per heavy atom. The molecule has 144 valence electrons. The van der Waals surface area contributed by atoms with Gasteiger partial charge >= 0.3 is 0 Å². The summed E-state index contributed by atoms with van der Waals surface area (Å²) in [4.78, 5) is 25.4. The van der Waals surface area contributed by atoms with Crippen LogP contribution in [-0.4, -0.2) is 32.0 Å². The van der Waals surface area contributed by atoms with Gasteiger partial charge in [-0.1, -0.05) is 59.8 Å². The van der Waals surface area contributed by atoms with Crippen molar-refractivity contribution in [2.75, 3.05) is 11.1 Å². The Labute approximate surface area is 175 Å². The lowest BCUT2D eigenvalue weighted by molar-refractivity contribution is -0.113. The molecule has 0 unspecified atom stereocenters. The maximum absolute atomic E-state index is 12.9. The quantitative estimate of drug-likeness (QED) is 0.369. The lowest BCUT2D eigenvalue weighted by atomic mass is 10.0. The van der Waals surface area contributed by atoms with Gasteiger partial charge in [0, 0.05) is 22.3 Å². The molecule has 1 amide bonds. The summed E-state index contributed by atoms with van der Waals surface area (Å²) in [5.74, 6) is -0.344. The molecule has 0 fully saturated rings. The summed E-state index contributed by atoms with van der Waals surface area (Å²) in [7, 11) is 0. The maximum atomic E-state index is 12.9. The lowest BCUT2D eigenvalue weighted by Gasteiger charge is -2.11. The molecule has 0 aliphatic heterocycles. The third kappa shape index (κ3) is 4.31. The van der Waals surface area contributed by atoms with Crippen molar-refractivity contribution in [2.45, 2.75) is 5.16 Å². The highest BCUT2D eigenvalue weighted by atomic mass is 35.5. The molecule has 0 saturated heterocycles. The molecule has 0 atom stereocenters. The molecule has 6 nitrogen and oxygen atoms in total. The van der Waals surface area contributed by atoms with Crippen LogP contribution >= 0.6 is 23.4 Å². The van der Waals surface area contributed by atoms with Crippen LogP contribution in [0.25, 0.3) is 5.65 Å². The number of carbonyl (C=O) groups excluding carboxylic acids is 2. The van der Waals surface area contributed by atoms with E-state index in [9.17, 15) is 9.59 Å². The molecule has 2 aromatic heterocycles. The van der Waals surface area contributed by atoms with Crippen LogP contribution in [0.1, 0.15) is 15.9 Å². The second-order valence-corrected chi connectivity index (χ2v) is 7.51. The third-order valence-corrected chi connectivity index (χ3v) is 5.33. The molecule has 1 N–H and O–H groups in total. The average Bonchev–Trinajstić information content (AvgIpc) is 3.17. The number of halogens is 1. The minimum atomic E-state index is -0.257. The first-order chi connectivity index (χ1) is 14.1. The van der Waals surface area contributed by atoms with Gasteiger partial charge in [0.1, 0.15) is 0 Å². The summed E-state index contributed by atoms with van der Waals surface area (Å²) in [6.45, 7) is 0. The van der Waals surface area contributed by atoms with Crippen LogP contribution < -0.4 is 5.32 Å². The van der Waals surface area contributed by atoms with Crippen LogP contribution in [0.15, 0.2) is 78.1 Å². The van der Waals surface area contributed by atoms with Crippen molar-refractivity contribution in [1.29, 1.82) is 0 Å². The van der Waals surface area contributed by atoms with Gasteiger partial charge in [-0.05, 0) is 30.3 Å². The number of anilines is 1. The number of nitrogens with one attached hydrogen (secondary N) is 1. The van der Waals surface area contributed by atoms with E-state index < -0.39 is 0 Å². The highest BCUT2D eigenvalue weighted by molar-refractivity contribution is 7.99. The molecule has 0 aliphatic rings. The first-order valence-electron chi connectivity index (χ1n) is 8.73. The Hall–Kier alpha value is -3.16. The fourth-order valence-electron chi connectivity index (χ4n) is 2.79. The fourth-order valence-corrected chi connectivity index (χ4v) is 3.69. The van der Waals surface area contributed by atoms with Crippen LogP contribution in [0.4, 0.5) is 5.69 Å². The van der Waals surface area contributed by atoms with E-state index in [4.69, 9.17) is 11.6 Å². The Bertz CT molecular complexity index is 1190. The van der Waals surface area contributed by atoms with Gasteiger partial charge in [0.15, 0.2) is 16.6 Å². The van der Waals surface area contributed by atoms with Crippen molar-refractivity contribution in [3.63, 3.8) is 0 Å². The molecule has 0 radical (unpaired) electrons. The van der Waals surface area contributed by atoms with Crippen molar-refractivity contribution >= 4 is 46.4 Å². The number of fused-ring (bicyclic) bond motifs is 1. The predicted molar refractivity (Wildman–Crippen MR) is 114 cm³/mol. The Morgan fingerprint density at radius 2 is 1.79 bits per heavy atom. The Balaban J connectivity index is 1.50. The number of benzene rings is 2. The van der Waals surface area contributed by atoms with Crippen LogP contribution in [-0.2, 0) is 4.79 Å². The molecular weight excluding hydrogens is 408 g/mol. The van der Waals surface area contributed by atoms with Crippen LogP contribution in [0.5, 0.6) is 0 Å². The normalized spacial score (nSPS) is 10.8. The van der Waals surface area contributed by atoms with Gasteiger partial charge < -0.3 is 5.32 Å². The van der Waals surface area contributed by atoms with Gasteiger partial charge in [0.05, 0.1) is 11.4 Å². The van der Waals surface area contributed by atoms with Gasteiger partial charge in [0.25, 0.3) is 0 Å². The second kappa shape index (κ2) is 8.46. The zero-order valence-corrected chi connectivity index (χ0v) is 16.7. The standard InChI is InChI=1S/C21H15ClN4O2S/c22-15-9-10-17(16(12-15)20(28)14-6-2-1-3-7-14)23-19(27)13-29-21-25-24-18-8-4-5-11-26(18)21/h1-12H,13H2,(H,23,27). The molecule has 0 bridgehead atoms. The number of pyridine rings is 1. The number of ketones is 1. The summed E-state index contributed by atoms with van der Waals surface area (Å²) in [6.07, 6.45) is 1.84. The summed E-state index contributed by atoms with van der Waals surface area (Å²) >= 11 is 7.35. The number of thioether (sulfide) groups is 1. The molecule has 2 aromatic carbocycles. The maximum Gasteiger partial charge on any atom is 0.234 e. The number of nitrogens with zero attached hydrogens (tertiary/aromatic N) is 3. The zero-order valence-electron chi connectivity index (χ0n) is 15.1. The molecule has 2 heterocycles. The summed E-state index contributed by atoms with van der Waals surface area (Å²) in [5.41, 5.74) is 1.99. The van der Waals surface area contributed by atoms with Crippen LogP contribution in [0.2, 0.25) is 5.02 Å². The number of aromatic nitrogens is 3. The number of amides is 1. The van der Waals surface area contributed by atoms with E-state index in [1.165, 1.54) is 11.8 Å². The van der Waals surface area contributed by atoms with Crippen molar-refractivity contribution in [1.82, 2.24) is 14.6 Å². The predicted octanol–water partition coefficient (Wildman–Crippen LogP) is 4.34. The second-order valence-electron chi connectivity index (χ2n) is 6.13. The number of carbonyl (C=O) groups is 2. The zero-order chi connectivity index (χ0) is 20.2. The van der Waals surface area contributed by atoms with Gasteiger partial charge in [0.2, 0.25) is 5.91 Å². The molecule has 4 rings (SSSR count). The molecule has 4 aromatic rings. The number of hydrogen-bond acceptors (Lipinski definition) is 5. The first-order valence-corrected chi connectivity index (χ1v) is 10.1. The van der Waals surface area contributed by atoms with Crippen molar-refractivity contribution in [3.8, 4) is 0 Å². The van der Waals surface area contributed by atoms with Crippen molar-refractivity contribution in [2.24, 2.45) is 0 Å². The smallest absolute Gasteiger partial charge is 0.234 e. The van der Waals surface area contributed by atoms with Gasteiger partial charge in [-0.15, -0.1) is 10.2 Å². The molecule has 0 aliphatic carbocycles. The third-order valence-electron chi connectivity index (χ3n) is 4.15. The summed E-state index contributed by atoms with van der Waals surface area (Å²) < 4.78 is 1.81. The Morgan fingerprint density at radius 1 is 1.00 bits per heavy atom. The van der Waals surface area contributed by atoms with Gasteiger partial charge in [-0.2, -0.15) is 0 Å². The van der Waals surface area contributed by atoms with E-state index >= 15 is 0 Å². The van der Waals surface area contributed by atoms with Crippen LogP contribution in [0.3, 0.4) is 0 Å². The molecule has 29 heavy (non-hydrogen) atoms. The monoisotopic (exact) mass is 422 g/mol. The molecule has 0 saturated carbocycles. The topological polar surface area (TPSA) is 76.4 Å². The summed E-state index contributed by atoms with van der Waals surface area (Å²) in [6, 6.07) is 19.3. The van der Waals surface area contributed by atoms with Gasteiger partial charge in [-0.3, -0.25) is 14.0 Å². The highest BCUT2D eigenvalue weighted by Crippen LogP contribution is 2.24. The molecular formula is C21H15ClN4O2S. The fraction of sp³-hybridized carbons (Fsp3) is 0.0476. The number of rotatable bonds is 6. The largest absolute Gasteiger partial charge is 0.325 e. The van der Waals surface area contributed by atoms with Crippen molar-refractivity contribution < 1.29 is 9.59 Å². The van der Waals surface area contributed by atoms with E-state index in [2.05, 4.69) is 15.5 Å². The van der Waals surface area contributed by atoms with E-state index in [1.807, 2.05) is 34.9 Å². The lowest BCUT2D eigenvalue weighted by Crippen LogP contribution is -2.17. The van der Waals surface area contributed by atoms with E-state index in [0.717, 1.165) is 0 Å². The van der Waals surface area contributed by atoms with Crippen LogP contribution in [0, 0.1) is 0 Å². The average molecular weight is 423 g/mol. The van der Waals surface area contributed by atoms with E-state index in [0.29, 0.717) is 32.6 Å². The molecule has 0 spiro atoms. The van der Waals surface area contributed by atoms with E-state index in [-0.39, 0.29) is 17.4 Å². The SMILES string of the molecule is O=C(CSc1nnc2ccccn12)Nc1ccc(Cl)cc1C(=O)c1ccccc1.